The van der Waals surface area contributed by atoms with E-state index in [1.165, 1.54) is 0 Å². The monoisotopic (exact) mass is 436 g/mol. The van der Waals surface area contributed by atoms with Crippen LogP contribution in [0.3, 0.4) is 0 Å². The summed E-state index contributed by atoms with van der Waals surface area (Å²) >= 11 is 10.8. The summed E-state index contributed by atoms with van der Waals surface area (Å²) < 4.78 is 24.6. The number of fused-ring (bicyclic) bond motifs is 1. The van der Waals surface area contributed by atoms with Gasteiger partial charge in [0.2, 0.25) is 0 Å². The Labute approximate surface area is 122 Å². The minimum atomic E-state index is -3.00. The number of hydrogen-bond acceptors (Lipinski definition) is 2. The largest absolute Gasteiger partial charge is 0.228 e. The highest BCUT2D eigenvalue weighted by atomic mass is 79.9. The van der Waals surface area contributed by atoms with Gasteiger partial charge in [0.05, 0.1) is 10.5 Å². The van der Waals surface area contributed by atoms with Crippen molar-refractivity contribution >= 4 is 57.6 Å². The highest BCUT2D eigenvalue weighted by Gasteiger charge is 2.58. The van der Waals surface area contributed by atoms with Gasteiger partial charge in [-0.1, -0.05) is 54.7 Å². The molecule has 0 N–H and O–H groups in total. The fourth-order valence-corrected chi connectivity index (χ4v) is 10.2. The van der Waals surface area contributed by atoms with Gasteiger partial charge in [0.25, 0.3) is 0 Å². The van der Waals surface area contributed by atoms with Crippen LogP contribution in [0.4, 0.5) is 0 Å². The van der Waals surface area contributed by atoms with E-state index in [0.717, 1.165) is 6.42 Å². The van der Waals surface area contributed by atoms with Gasteiger partial charge in [-0.2, -0.15) is 0 Å². The molecule has 1 saturated carbocycles. The highest BCUT2D eigenvalue weighted by Crippen LogP contribution is 2.51. The van der Waals surface area contributed by atoms with Crippen molar-refractivity contribution in [3.8, 4) is 0 Å². The summed E-state index contributed by atoms with van der Waals surface area (Å²) in [6.07, 6.45) is 0.883. The zero-order chi connectivity index (χ0) is 12.2. The smallest absolute Gasteiger partial charge is 0.158 e. The molecule has 2 nitrogen and oxygen atoms in total. The maximum absolute atomic E-state index is 12.3. The van der Waals surface area contributed by atoms with Gasteiger partial charge in [0.1, 0.15) is 0 Å². The molecule has 7 atom stereocenters. The predicted molar refractivity (Wildman–Crippen MR) is 77.6 cm³/mol. The van der Waals surface area contributed by atoms with E-state index in [-0.39, 0.29) is 26.1 Å². The van der Waals surface area contributed by atoms with Crippen LogP contribution in [0.5, 0.6) is 0 Å². The van der Waals surface area contributed by atoms with E-state index in [1.54, 1.807) is 0 Å². The van der Waals surface area contributed by atoms with Crippen LogP contribution in [0.15, 0.2) is 0 Å². The fraction of sp³-hybridized carbons (Fsp3) is 1.00. The minimum absolute atomic E-state index is 0.0769. The Balaban J connectivity index is 2.45. The van der Waals surface area contributed by atoms with Gasteiger partial charge in [0.15, 0.2) is 9.84 Å². The number of sulfone groups is 1. The average Bonchev–Trinajstić information content (AvgIpc) is 2.36. The molecule has 1 aliphatic heterocycles. The third-order valence-corrected chi connectivity index (χ3v) is 11.1. The van der Waals surface area contributed by atoms with Crippen molar-refractivity contribution in [3.05, 3.63) is 0 Å². The maximum atomic E-state index is 12.3. The van der Waals surface area contributed by atoms with E-state index in [0.29, 0.717) is 10.7 Å². The first-order chi connectivity index (χ1) is 7.28. The number of hydrogen-bond donors (Lipinski definition) is 0. The van der Waals surface area contributed by atoms with E-state index in [2.05, 4.69) is 54.7 Å². The topological polar surface area (TPSA) is 34.1 Å². The first kappa shape index (κ1) is 13.8. The van der Waals surface area contributed by atoms with Gasteiger partial charge in [-0.15, -0.1) is 0 Å². The summed E-state index contributed by atoms with van der Waals surface area (Å²) in [6, 6.07) is 0. The second-order valence-corrected chi connectivity index (χ2v) is 10.8. The molecule has 2 fully saturated rings. The molecule has 94 valence electrons. The van der Waals surface area contributed by atoms with Crippen LogP contribution >= 0.6 is 47.8 Å². The first-order valence-corrected chi connectivity index (χ1v) is 9.79. The van der Waals surface area contributed by atoms with Gasteiger partial charge in [-0.25, -0.2) is 8.42 Å². The number of alkyl halides is 3. The lowest BCUT2D eigenvalue weighted by atomic mass is 9.78. The van der Waals surface area contributed by atoms with E-state index in [1.807, 2.05) is 6.92 Å². The minimum Gasteiger partial charge on any atom is -0.228 e. The van der Waals surface area contributed by atoms with Crippen molar-refractivity contribution in [1.29, 1.82) is 0 Å². The lowest BCUT2D eigenvalue weighted by Crippen LogP contribution is -2.45. The normalized spacial score (nSPS) is 55.9. The van der Waals surface area contributed by atoms with Crippen LogP contribution in [0.25, 0.3) is 0 Å². The van der Waals surface area contributed by atoms with Crippen molar-refractivity contribution in [2.45, 2.75) is 45.2 Å². The molecular formula is C10H15Br3O2S. The standard InChI is InChI=1S/C10H15Br3O2S/c1-4-6(11)3-7(12)10-8(4)9(13)5(2)16(10,14)15/h4-10H,3H2,1-2H3. The van der Waals surface area contributed by atoms with Crippen LogP contribution in [0.2, 0.25) is 0 Å². The van der Waals surface area contributed by atoms with Crippen LogP contribution < -0.4 is 0 Å². The predicted octanol–water partition coefficient (Wildman–Crippen LogP) is 3.12. The molecule has 16 heavy (non-hydrogen) atoms. The molecule has 0 spiro atoms. The Kier molecular flexibility index (Phi) is 3.88. The molecule has 7 unspecified atom stereocenters. The van der Waals surface area contributed by atoms with E-state index in [9.17, 15) is 8.42 Å². The van der Waals surface area contributed by atoms with Crippen LogP contribution in [-0.2, 0) is 9.84 Å². The van der Waals surface area contributed by atoms with E-state index in [4.69, 9.17) is 0 Å². The van der Waals surface area contributed by atoms with Crippen molar-refractivity contribution in [1.82, 2.24) is 0 Å². The van der Waals surface area contributed by atoms with Gasteiger partial charge < -0.3 is 0 Å². The zero-order valence-electron chi connectivity index (χ0n) is 9.11. The third-order valence-electron chi connectivity index (χ3n) is 4.08. The summed E-state index contributed by atoms with van der Waals surface area (Å²) in [6.45, 7) is 3.97. The molecule has 1 saturated heterocycles. The summed E-state index contributed by atoms with van der Waals surface area (Å²) in [4.78, 5) is 0.560. The first-order valence-electron chi connectivity index (χ1n) is 5.43. The van der Waals surface area contributed by atoms with Crippen LogP contribution in [-0.4, -0.2) is 33.4 Å². The second kappa shape index (κ2) is 4.49. The quantitative estimate of drug-likeness (QED) is 0.544. The Morgan fingerprint density at radius 3 is 2.19 bits per heavy atom. The van der Waals surface area contributed by atoms with Crippen molar-refractivity contribution < 1.29 is 8.42 Å². The molecule has 0 bridgehead atoms. The molecule has 0 aromatic heterocycles. The van der Waals surface area contributed by atoms with Crippen molar-refractivity contribution in [3.63, 3.8) is 0 Å². The van der Waals surface area contributed by atoms with Gasteiger partial charge in [-0.05, 0) is 25.2 Å². The lowest BCUT2D eigenvalue weighted by Gasteiger charge is -2.38. The van der Waals surface area contributed by atoms with Gasteiger partial charge in [0, 0.05) is 14.5 Å². The molecule has 0 aromatic rings. The average molecular weight is 439 g/mol. The molecular weight excluding hydrogens is 424 g/mol. The third kappa shape index (κ3) is 1.86. The van der Waals surface area contributed by atoms with E-state index < -0.39 is 9.84 Å². The van der Waals surface area contributed by atoms with E-state index >= 15 is 0 Å². The van der Waals surface area contributed by atoms with Crippen molar-refractivity contribution in [2.75, 3.05) is 0 Å². The number of halogens is 3. The Hall–Kier alpha value is 1.39. The van der Waals surface area contributed by atoms with Crippen LogP contribution in [0, 0.1) is 11.8 Å². The molecule has 1 heterocycles. The highest BCUT2D eigenvalue weighted by molar-refractivity contribution is 9.10. The van der Waals surface area contributed by atoms with Gasteiger partial charge >= 0.3 is 0 Å². The van der Waals surface area contributed by atoms with Crippen LogP contribution in [0.1, 0.15) is 20.3 Å². The molecule has 2 aliphatic rings. The molecule has 0 aromatic carbocycles. The van der Waals surface area contributed by atoms with Gasteiger partial charge in [-0.3, -0.25) is 0 Å². The second-order valence-electron chi connectivity index (χ2n) is 4.91. The lowest BCUT2D eigenvalue weighted by molar-refractivity contribution is 0.291. The zero-order valence-corrected chi connectivity index (χ0v) is 14.7. The summed E-state index contributed by atoms with van der Waals surface area (Å²) in [7, 11) is -3.00. The Bertz CT molecular complexity index is 384. The maximum Gasteiger partial charge on any atom is 0.158 e. The Morgan fingerprint density at radius 2 is 1.62 bits per heavy atom. The molecule has 2 rings (SSSR count). The summed E-state index contributed by atoms with van der Waals surface area (Å²) in [5, 5.41) is -0.501. The summed E-state index contributed by atoms with van der Waals surface area (Å²) in [5.41, 5.74) is 0. The fourth-order valence-electron chi connectivity index (χ4n) is 2.98. The molecule has 0 amide bonds. The molecule has 0 radical (unpaired) electrons. The molecule has 1 aliphatic carbocycles. The van der Waals surface area contributed by atoms with Crippen molar-refractivity contribution in [2.24, 2.45) is 11.8 Å². The number of rotatable bonds is 0. The summed E-state index contributed by atoms with van der Waals surface area (Å²) in [5.74, 6) is 0.602. The SMILES string of the molecule is CC1C(Br)CC(Br)C2C1C(Br)C(C)S2(=O)=O. The molecule has 6 heteroatoms. The Morgan fingerprint density at radius 1 is 1.06 bits per heavy atom.